The van der Waals surface area contributed by atoms with Crippen LogP contribution in [0.1, 0.15) is 429 Å². The Kier molecular flexibility index (Phi) is 89.0. The molecule has 18 unspecified atom stereocenters. The van der Waals surface area contributed by atoms with Crippen molar-refractivity contribution in [1.29, 1.82) is 63.1 Å². The second-order valence-electron chi connectivity index (χ2n) is 34.6. The van der Waals surface area contributed by atoms with Gasteiger partial charge in [-0.2, -0.15) is 63.1 Å². The molecule has 0 radical (unpaired) electrons. The van der Waals surface area contributed by atoms with Gasteiger partial charge in [0.2, 0.25) is 0 Å². The molecule has 0 aromatic carbocycles. The van der Waals surface area contributed by atoms with Crippen molar-refractivity contribution in [1.82, 2.24) is 0 Å². The highest BCUT2D eigenvalue weighted by atomic mass is 14.4. The van der Waals surface area contributed by atoms with Crippen molar-refractivity contribution in [2.24, 2.45) is 107 Å². The molecule has 0 rings (SSSR count). The van der Waals surface area contributed by atoms with Gasteiger partial charge in [0, 0.05) is 42.9 Å². The highest BCUT2D eigenvalue weighted by Gasteiger charge is 2.24. The van der Waals surface area contributed by atoms with Crippen LogP contribution in [0.2, 0.25) is 0 Å². The Morgan fingerprint density at radius 3 is 1.09 bits per heavy atom. The molecular formula is C107H178N12. The van der Waals surface area contributed by atoms with E-state index in [-0.39, 0.29) is 47.3 Å². The highest BCUT2D eigenvalue weighted by Crippen LogP contribution is 2.37. The van der Waals surface area contributed by atoms with Crippen LogP contribution in [0.4, 0.5) is 0 Å². The van der Waals surface area contributed by atoms with Gasteiger partial charge in [-0.25, -0.2) is 0 Å². The Hall–Kier alpha value is -7.68. The first-order valence-electron chi connectivity index (χ1n) is 47.9. The van der Waals surface area contributed by atoms with Crippen LogP contribution in [-0.2, 0) is 0 Å². The molecule has 12 nitrogen and oxygen atoms in total. The fourth-order valence-electron chi connectivity index (χ4n) is 16.1. The monoisotopic (exact) mass is 1630 g/mol. The van der Waals surface area contributed by atoms with Gasteiger partial charge in [-0.1, -0.05) is 285 Å². The predicted molar refractivity (Wildman–Crippen MR) is 504 cm³/mol. The number of nitriles is 12. The van der Waals surface area contributed by atoms with Gasteiger partial charge in [0.25, 0.3) is 0 Å². The van der Waals surface area contributed by atoms with Gasteiger partial charge in [-0.05, 0) is 248 Å². The summed E-state index contributed by atoms with van der Waals surface area (Å²) in [5, 5.41) is 107. The van der Waals surface area contributed by atoms with Crippen LogP contribution in [-0.4, -0.2) is 0 Å². The molecule has 0 bridgehead atoms. The van der Waals surface area contributed by atoms with Gasteiger partial charge in [-0.15, -0.1) is 0 Å². The molecule has 666 valence electrons. The molecule has 0 heterocycles. The molecule has 0 saturated heterocycles. The molecule has 0 saturated carbocycles. The number of nitrogens with zero attached hydrogens (tertiary/aromatic N) is 12. The molecule has 12 heteroatoms. The second-order valence-corrected chi connectivity index (χ2v) is 34.6. The molecule has 0 N–H and O–H groups in total. The number of allylic oxidation sites excluding steroid dienone is 12. The fourth-order valence-corrected chi connectivity index (χ4v) is 16.1. The van der Waals surface area contributed by atoms with Gasteiger partial charge < -0.3 is 0 Å². The summed E-state index contributed by atoms with van der Waals surface area (Å²) in [6, 6.07) is 27.6. The third kappa shape index (κ3) is 69.7. The third-order valence-electron chi connectivity index (χ3n) is 24.0. The number of hydrogen-bond acceptors (Lipinski definition) is 12. The van der Waals surface area contributed by atoms with E-state index in [0.717, 1.165) is 171 Å². The molecule has 119 heavy (non-hydrogen) atoms. The largest absolute Gasteiger partial charge is 0.198 e. The van der Waals surface area contributed by atoms with Crippen molar-refractivity contribution in [3.63, 3.8) is 0 Å². The zero-order valence-electron chi connectivity index (χ0n) is 81.2. The number of rotatable bonds is 59. The van der Waals surface area contributed by atoms with Crippen LogP contribution >= 0.6 is 0 Å². The van der Waals surface area contributed by atoms with E-state index in [1.807, 2.05) is 60.6 Å². The summed E-state index contributed by atoms with van der Waals surface area (Å²) in [7, 11) is 0. The smallest absolute Gasteiger partial charge is 0.0697 e. The van der Waals surface area contributed by atoms with Crippen LogP contribution in [0.25, 0.3) is 0 Å². The number of hydrogen-bond donors (Lipinski definition) is 0. The zero-order chi connectivity index (χ0) is 91.6. The lowest BCUT2D eigenvalue weighted by atomic mass is 9.78. The lowest BCUT2D eigenvalue weighted by molar-refractivity contribution is 0.263. The minimum Gasteiger partial charge on any atom is -0.198 e. The summed E-state index contributed by atoms with van der Waals surface area (Å²) in [6.07, 6.45) is 56.6. The molecule has 18 atom stereocenters. The molecule has 0 aliphatic rings. The fraction of sp³-hybridized carbons (Fsp3) is 0.776. The maximum absolute atomic E-state index is 9.38. The standard InChI is InChI=1S/C30H54N2.C25H44N2.C16H26N2.C14H22N2.C12H18N2.C10H14N2/c1-8-24(15-16-25(9-2)18-29(13-6)22-31)17-26(10-3)19-27(11-4)20-28(12-5)21-30(14-7)23-32;1-6-10-22(14-15-26)17-24(12-8-3)19-25(13-9-4)18-23(11-7-2)16-21(5)20-27;1-4-7-15(9-10-17)12-16(8-5-2)11-14(6-3)13-18;1-4-12(7-8-15)9-13(5-2)10-14(6-3)11-16;1-4-12(6-5-7-13)8-10(2)11(3)9-14;1-8(4-9(2)6-11)5-10(3)7-12/h15,25-30H,8-14,16-21H2,1-7H3;16,21-22,24-25H,6-14,17-19H2,1-5H3;11,14-15H,4-9,12H2,1-3H3;10,12,14H,4-7,9H2,1-3H3;6,10-11H,4-5,8H2,1-3H3;4,9-10H,5H2,1-3H3. The summed E-state index contributed by atoms with van der Waals surface area (Å²) < 4.78 is 0. The first-order valence-corrected chi connectivity index (χ1v) is 47.9. The summed E-state index contributed by atoms with van der Waals surface area (Å²) in [4.78, 5) is 0. The average Bonchev–Trinajstić information content (AvgIpc) is 0.902. The summed E-state index contributed by atoms with van der Waals surface area (Å²) >= 11 is 0. The van der Waals surface area contributed by atoms with E-state index >= 15 is 0 Å². The van der Waals surface area contributed by atoms with E-state index in [2.05, 4.69) is 215 Å². The van der Waals surface area contributed by atoms with Gasteiger partial charge in [0.1, 0.15) is 0 Å². The summed E-state index contributed by atoms with van der Waals surface area (Å²) in [5.74, 6) is 6.85. The van der Waals surface area contributed by atoms with Crippen LogP contribution in [0.3, 0.4) is 0 Å². The molecule has 0 amide bonds. The van der Waals surface area contributed by atoms with Crippen molar-refractivity contribution in [2.75, 3.05) is 0 Å². The van der Waals surface area contributed by atoms with E-state index in [1.54, 1.807) is 5.57 Å². The Bertz CT molecular complexity index is 3240. The van der Waals surface area contributed by atoms with Gasteiger partial charge in [0.15, 0.2) is 0 Å². The lowest BCUT2D eigenvalue weighted by Gasteiger charge is -2.27. The predicted octanol–water partition coefficient (Wildman–Crippen LogP) is 33.3. The highest BCUT2D eigenvalue weighted by molar-refractivity contribution is 5.14. The second kappa shape index (κ2) is 86.7. The van der Waals surface area contributed by atoms with Crippen molar-refractivity contribution >= 4 is 0 Å². The SMILES string of the molecule is CC(=CC(C)C#N)CC(C)C#N.CCC(=CC(C#N)CC)CC(CC)CC#N.CCC(=CCC#N)CC(C)C(C)C#N.CCC(=CCC(CC)CC(C#N)CC)CC(CC)CC(CC)CC(CC)CC(C#N)CC.CCCC(=CC(C#N)CC)CC(CC#N)CCC.CCCC(=CC(C)C#N)CC(CCC)CC(CCC)CC(CC#N)CCC. The minimum absolute atomic E-state index is 0.0184. The van der Waals surface area contributed by atoms with Gasteiger partial charge >= 0.3 is 0 Å². The summed E-state index contributed by atoms with van der Waals surface area (Å²) in [6.45, 7) is 51.4. The molecular weight excluding hydrogens is 1450 g/mol. The van der Waals surface area contributed by atoms with E-state index in [4.69, 9.17) is 42.1 Å². The Balaban J connectivity index is -0.000000333. The maximum atomic E-state index is 9.38. The zero-order valence-corrected chi connectivity index (χ0v) is 81.2. The van der Waals surface area contributed by atoms with E-state index in [0.29, 0.717) is 61.2 Å². The van der Waals surface area contributed by atoms with Crippen molar-refractivity contribution < 1.29 is 0 Å². The van der Waals surface area contributed by atoms with E-state index in [9.17, 15) is 21.0 Å². The lowest BCUT2D eigenvalue weighted by Crippen LogP contribution is -2.15. The molecule has 0 fully saturated rings. The normalized spacial score (nSPS) is 16.0. The van der Waals surface area contributed by atoms with Crippen molar-refractivity contribution in [2.45, 2.75) is 429 Å². The first kappa shape index (κ1) is 122. The Labute approximate surface area is 737 Å². The molecule has 0 aromatic rings. The van der Waals surface area contributed by atoms with Crippen LogP contribution in [0.5, 0.6) is 0 Å². The Morgan fingerprint density at radius 2 is 0.672 bits per heavy atom. The van der Waals surface area contributed by atoms with E-state index in [1.165, 1.54) is 119 Å². The molecule has 0 aliphatic heterocycles. The van der Waals surface area contributed by atoms with Crippen molar-refractivity contribution in [3.05, 3.63) is 69.9 Å². The molecule has 0 aliphatic carbocycles. The Morgan fingerprint density at radius 1 is 0.286 bits per heavy atom. The minimum atomic E-state index is -0.0455. The third-order valence-corrected chi connectivity index (χ3v) is 24.0. The van der Waals surface area contributed by atoms with Crippen molar-refractivity contribution in [3.8, 4) is 72.8 Å². The molecule has 0 spiro atoms. The van der Waals surface area contributed by atoms with Crippen LogP contribution in [0.15, 0.2) is 69.9 Å². The summed E-state index contributed by atoms with van der Waals surface area (Å²) in [5.41, 5.74) is 8.23. The first-order chi connectivity index (χ1) is 57.1. The molecule has 0 aromatic heterocycles. The topological polar surface area (TPSA) is 285 Å². The maximum Gasteiger partial charge on any atom is 0.0697 e. The average molecular weight is 1630 g/mol. The van der Waals surface area contributed by atoms with Crippen LogP contribution < -0.4 is 0 Å². The van der Waals surface area contributed by atoms with Crippen LogP contribution in [0, 0.1) is 242 Å². The quantitative estimate of drug-likeness (QED) is 0.0514. The van der Waals surface area contributed by atoms with E-state index < -0.39 is 0 Å². The van der Waals surface area contributed by atoms with Gasteiger partial charge in [0.05, 0.1) is 103 Å². The van der Waals surface area contributed by atoms with Gasteiger partial charge in [-0.3, -0.25) is 0 Å².